The molecule has 0 saturated carbocycles. The van der Waals surface area contributed by atoms with Crippen molar-refractivity contribution in [2.75, 3.05) is 18.4 Å². The van der Waals surface area contributed by atoms with E-state index >= 15 is 0 Å². The molecular formula is C15H21FN2O. The van der Waals surface area contributed by atoms with Crippen LogP contribution in [0.25, 0.3) is 0 Å². The lowest BCUT2D eigenvalue weighted by Crippen LogP contribution is -2.28. The Morgan fingerprint density at radius 3 is 2.84 bits per heavy atom. The van der Waals surface area contributed by atoms with Crippen LogP contribution >= 0.6 is 0 Å². The molecular weight excluding hydrogens is 243 g/mol. The Morgan fingerprint density at radius 2 is 2.16 bits per heavy atom. The number of hydrogen-bond donors (Lipinski definition) is 2. The summed E-state index contributed by atoms with van der Waals surface area (Å²) in [6.07, 6.45) is 3.62. The summed E-state index contributed by atoms with van der Waals surface area (Å²) in [5.74, 6) is 0.163. The molecule has 0 bridgehead atoms. The van der Waals surface area contributed by atoms with Crippen LogP contribution < -0.4 is 10.6 Å². The maximum Gasteiger partial charge on any atom is 0.224 e. The number of para-hydroxylation sites is 1. The van der Waals surface area contributed by atoms with E-state index in [-0.39, 0.29) is 11.7 Å². The van der Waals surface area contributed by atoms with Crippen LogP contribution in [-0.2, 0) is 4.79 Å². The average molecular weight is 264 g/mol. The predicted octanol–water partition coefficient (Wildman–Crippen LogP) is 2.85. The summed E-state index contributed by atoms with van der Waals surface area (Å²) in [6, 6.07) is 4.82. The van der Waals surface area contributed by atoms with Gasteiger partial charge in [-0.15, -0.1) is 0 Å². The normalized spacial score (nSPS) is 16.3. The lowest BCUT2D eigenvalue weighted by atomic mass is 9.93. The van der Waals surface area contributed by atoms with Crippen LogP contribution in [0.5, 0.6) is 0 Å². The van der Waals surface area contributed by atoms with Crippen LogP contribution in [0, 0.1) is 18.7 Å². The molecule has 1 saturated heterocycles. The molecule has 0 atom stereocenters. The SMILES string of the molecule is Cc1cccc(F)c1NC(=O)CCC1CCNCC1. The van der Waals surface area contributed by atoms with Gasteiger partial charge in [0, 0.05) is 6.42 Å². The topological polar surface area (TPSA) is 41.1 Å². The fourth-order valence-electron chi connectivity index (χ4n) is 2.50. The van der Waals surface area contributed by atoms with Crippen molar-refractivity contribution in [1.82, 2.24) is 5.32 Å². The second kappa shape index (κ2) is 6.66. The number of aryl methyl sites for hydroxylation is 1. The van der Waals surface area contributed by atoms with E-state index in [0.717, 1.165) is 37.9 Å². The third-order valence-corrected chi connectivity index (χ3v) is 3.72. The van der Waals surface area contributed by atoms with E-state index in [1.165, 1.54) is 6.07 Å². The third kappa shape index (κ3) is 4.03. The molecule has 19 heavy (non-hydrogen) atoms. The summed E-state index contributed by atoms with van der Waals surface area (Å²) in [4.78, 5) is 11.9. The van der Waals surface area contributed by atoms with Crippen molar-refractivity contribution in [3.63, 3.8) is 0 Å². The van der Waals surface area contributed by atoms with Crippen molar-refractivity contribution in [3.05, 3.63) is 29.6 Å². The number of benzene rings is 1. The maximum absolute atomic E-state index is 13.6. The van der Waals surface area contributed by atoms with Gasteiger partial charge in [-0.25, -0.2) is 4.39 Å². The van der Waals surface area contributed by atoms with Gasteiger partial charge in [-0.1, -0.05) is 12.1 Å². The molecule has 2 N–H and O–H groups in total. The van der Waals surface area contributed by atoms with Crippen LogP contribution in [0.4, 0.5) is 10.1 Å². The monoisotopic (exact) mass is 264 g/mol. The van der Waals surface area contributed by atoms with Crippen LogP contribution in [0.15, 0.2) is 18.2 Å². The number of anilines is 1. The molecule has 4 heteroatoms. The smallest absolute Gasteiger partial charge is 0.224 e. The lowest BCUT2D eigenvalue weighted by molar-refractivity contribution is -0.116. The maximum atomic E-state index is 13.6. The van der Waals surface area contributed by atoms with Crippen molar-refractivity contribution in [2.24, 2.45) is 5.92 Å². The summed E-state index contributed by atoms with van der Waals surface area (Å²) in [7, 11) is 0. The van der Waals surface area contributed by atoms with Gasteiger partial charge in [0.2, 0.25) is 5.91 Å². The Bertz CT molecular complexity index is 422. The van der Waals surface area contributed by atoms with Gasteiger partial charge in [0.1, 0.15) is 5.82 Å². The van der Waals surface area contributed by atoms with Gasteiger partial charge in [0.15, 0.2) is 0 Å². The molecule has 1 aliphatic rings. The Kier molecular flexibility index (Phi) is 4.91. The van der Waals surface area contributed by atoms with Gasteiger partial charge < -0.3 is 10.6 Å². The molecule has 0 radical (unpaired) electrons. The number of hydrogen-bond acceptors (Lipinski definition) is 2. The molecule has 0 aromatic heterocycles. The zero-order chi connectivity index (χ0) is 13.7. The number of halogens is 1. The molecule has 104 valence electrons. The van der Waals surface area contributed by atoms with Gasteiger partial charge in [-0.05, 0) is 56.8 Å². The number of nitrogens with one attached hydrogen (secondary N) is 2. The number of amides is 1. The number of carbonyl (C=O) groups excluding carboxylic acids is 1. The van der Waals surface area contributed by atoms with E-state index in [1.54, 1.807) is 19.1 Å². The fourth-order valence-corrected chi connectivity index (χ4v) is 2.50. The van der Waals surface area contributed by atoms with Crippen LogP contribution in [0.2, 0.25) is 0 Å². The lowest BCUT2D eigenvalue weighted by Gasteiger charge is -2.22. The second-order valence-electron chi connectivity index (χ2n) is 5.21. The number of piperidine rings is 1. The zero-order valence-corrected chi connectivity index (χ0v) is 11.3. The van der Waals surface area contributed by atoms with Crippen LogP contribution in [0.3, 0.4) is 0 Å². The summed E-state index contributed by atoms with van der Waals surface area (Å²) in [6.45, 7) is 3.88. The van der Waals surface area contributed by atoms with Crippen molar-refractivity contribution in [3.8, 4) is 0 Å². The second-order valence-corrected chi connectivity index (χ2v) is 5.21. The summed E-state index contributed by atoms with van der Waals surface area (Å²) < 4.78 is 13.6. The van der Waals surface area contributed by atoms with Gasteiger partial charge >= 0.3 is 0 Å². The summed E-state index contributed by atoms with van der Waals surface area (Å²) in [5.41, 5.74) is 1.08. The molecule has 1 amide bonds. The third-order valence-electron chi connectivity index (χ3n) is 3.72. The predicted molar refractivity (Wildman–Crippen MR) is 74.6 cm³/mol. The first-order chi connectivity index (χ1) is 9.16. The van der Waals surface area contributed by atoms with Gasteiger partial charge in [0.05, 0.1) is 5.69 Å². The summed E-state index contributed by atoms with van der Waals surface area (Å²) >= 11 is 0. The molecule has 0 aliphatic carbocycles. The minimum Gasteiger partial charge on any atom is -0.323 e. The zero-order valence-electron chi connectivity index (χ0n) is 11.3. The van der Waals surface area contributed by atoms with Crippen LogP contribution in [0.1, 0.15) is 31.2 Å². The number of carbonyl (C=O) groups is 1. The highest BCUT2D eigenvalue weighted by molar-refractivity contribution is 5.91. The van der Waals surface area contributed by atoms with Crippen molar-refractivity contribution in [2.45, 2.75) is 32.6 Å². The van der Waals surface area contributed by atoms with E-state index < -0.39 is 0 Å². The highest BCUT2D eigenvalue weighted by Crippen LogP contribution is 2.21. The van der Waals surface area contributed by atoms with Gasteiger partial charge in [-0.3, -0.25) is 4.79 Å². The Balaban J connectivity index is 1.83. The molecule has 1 aliphatic heterocycles. The standard InChI is InChI=1S/C15H21FN2O/c1-11-3-2-4-13(16)15(11)18-14(19)6-5-12-7-9-17-10-8-12/h2-4,12,17H,5-10H2,1H3,(H,18,19). The molecule has 1 heterocycles. The highest BCUT2D eigenvalue weighted by Gasteiger charge is 2.15. The number of rotatable bonds is 4. The molecule has 3 nitrogen and oxygen atoms in total. The van der Waals surface area contributed by atoms with E-state index in [4.69, 9.17) is 0 Å². The minimum absolute atomic E-state index is 0.0910. The molecule has 2 rings (SSSR count). The first kappa shape index (κ1) is 14.0. The Labute approximate surface area is 113 Å². The van der Waals surface area contributed by atoms with Crippen molar-refractivity contribution < 1.29 is 9.18 Å². The minimum atomic E-state index is -0.366. The average Bonchev–Trinajstić information content (AvgIpc) is 2.42. The summed E-state index contributed by atoms with van der Waals surface area (Å²) in [5, 5.41) is 6.00. The first-order valence-corrected chi connectivity index (χ1v) is 6.92. The van der Waals surface area contributed by atoms with E-state index in [2.05, 4.69) is 10.6 Å². The van der Waals surface area contributed by atoms with E-state index in [1.807, 2.05) is 0 Å². The van der Waals surface area contributed by atoms with Crippen molar-refractivity contribution >= 4 is 11.6 Å². The highest BCUT2D eigenvalue weighted by atomic mass is 19.1. The molecule has 1 fully saturated rings. The van der Waals surface area contributed by atoms with Gasteiger partial charge in [0.25, 0.3) is 0 Å². The first-order valence-electron chi connectivity index (χ1n) is 6.92. The quantitative estimate of drug-likeness (QED) is 0.878. The Hall–Kier alpha value is -1.42. The molecule has 1 aromatic rings. The molecule has 1 aromatic carbocycles. The van der Waals surface area contributed by atoms with E-state index in [0.29, 0.717) is 18.0 Å². The van der Waals surface area contributed by atoms with Gasteiger partial charge in [-0.2, -0.15) is 0 Å². The molecule has 0 unspecified atom stereocenters. The fraction of sp³-hybridized carbons (Fsp3) is 0.533. The Morgan fingerprint density at radius 1 is 1.42 bits per heavy atom. The van der Waals surface area contributed by atoms with E-state index in [9.17, 15) is 9.18 Å². The molecule has 0 spiro atoms. The van der Waals surface area contributed by atoms with Crippen molar-refractivity contribution in [1.29, 1.82) is 0 Å². The largest absolute Gasteiger partial charge is 0.323 e. The van der Waals surface area contributed by atoms with Crippen LogP contribution in [-0.4, -0.2) is 19.0 Å².